The lowest BCUT2D eigenvalue weighted by molar-refractivity contribution is 0.422. The third kappa shape index (κ3) is 4.41. The van der Waals surface area contributed by atoms with Crippen LogP contribution in [0.25, 0.3) is 32.9 Å². The first-order valence-corrected chi connectivity index (χ1v) is 11.6. The van der Waals surface area contributed by atoms with E-state index >= 15 is 0 Å². The van der Waals surface area contributed by atoms with E-state index in [2.05, 4.69) is 83.9 Å². The molecule has 5 aromatic rings. The van der Waals surface area contributed by atoms with Gasteiger partial charge in [0.1, 0.15) is 16.9 Å². The molecular formula is C26H24N4OS. The summed E-state index contributed by atoms with van der Waals surface area (Å²) in [4.78, 5) is 11.5. The summed E-state index contributed by atoms with van der Waals surface area (Å²) in [6.07, 6.45) is 3.56. The molecule has 0 unspecified atom stereocenters. The van der Waals surface area contributed by atoms with Crippen molar-refractivity contribution >= 4 is 27.4 Å². The van der Waals surface area contributed by atoms with Crippen molar-refractivity contribution in [3.8, 4) is 22.6 Å². The van der Waals surface area contributed by atoms with Crippen molar-refractivity contribution in [1.29, 1.82) is 0 Å². The highest BCUT2D eigenvalue weighted by Crippen LogP contribution is 2.30. The minimum absolute atomic E-state index is 0.585. The second-order valence-corrected chi connectivity index (χ2v) is 9.18. The zero-order valence-corrected chi connectivity index (χ0v) is 18.9. The second-order valence-electron chi connectivity index (χ2n) is 7.95. The van der Waals surface area contributed by atoms with Crippen molar-refractivity contribution < 1.29 is 4.52 Å². The Morgan fingerprint density at radius 1 is 0.906 bits per heavy atom. The Morgan fingerprint density at radius 2 is 1.66 bits per heavy atom. The number of nitrogens with one attached hydrogen (secondary N) is 1. The summed E-state index contributed by atoms with van der Waals surface area (Å²) in [5, 5.41) is 8.56. The molecule has 0 saturated carbocycles. The molecule has 5 rings (SSSR count). The van der Waals surface area contributed by atoms with Crippen LogP contribution in [0.1, 0.15) is 22.4 Å². The van der Waals surface area contributed by atoms with Crippen molar-refractivity contribution in [2.75, 3.05) is 11.9 Å². The van der Waals surface area contributed by atoms with Gasteiger partial charge in [-0.3, -0.25) is 0 Å². The summed E-state index contributed by atoms with van der Waals surface area (Å²) >= 11 is 1.66. The van der Waals surface area contributed by atoms with Gasteiger partial charge in [-0.2, -0.15) is 0 Å². The molecule has 0 aliphatic heterocycles. The Balaban J connectivity index is 1.24. The van der Waals surface area contributed by atoms with E-state index in [0.717, 1.165) is 35.4 Å². The van der Waals surface area contributed by atoms with Crippen LogP contribution >= 0.6 is 11.3 Å². The first-order valence-electron chi connectivity index (χ1n) is 10.7. The third-order valence-electron chi connectivity index (χ3n) is 5.46. The number of hydrogen-bond donors (Lipinski definition) is 1. The van der Waals surface area contributed by atoms with Crippen LogP contribution in [0.5, 0.6) is 0 Å². The number of fused-ring (bicyclic) bond motifs is 1. The van der Waals surface area contributed by atoms with Gasteiger partial charge in [-0.1, -0.05) is 59.3 Å². The number of benzene rings is 2. The molecule has 0 fully saturated rings. The van der Waals surface area contributed by atoms with Gasteiger partial charge in [0, 0.05) is 17.5 Å². The van der Waals surface area contributed by atoms with Crippen LogP contribution in [0, 0.1) is 13.8 Å². The summed E-state index contributed by atoms with van der Waals surface area (Å²) < 4.78 is 4.97. The highest BCUT2D eigenvalue weighted by atomic mass is 32.1. The van der Waals surface area contributed by atoms with E-state index in [0.29, 0.717) is 11.5 Å². The SMILES string of the molecule is Cc1ccc(-c2ccc(CCCNc3nc(-c4ccon4)nc4sc(C)cc34)cc2)cc1. The molecule has 3 heterocycles. The smallest absolute Gasteiger partial charge is 0.185 e. The molecule has 160 valence electrons. The maximum Gasteiger partial charge on any atom is 0.185 e. The predicted molar refractivity (Wildman–Crippen MR) is 131 cm³/mol. The average molecular weight is 441 g/mol. The Kier molecular flexibility index (Phi) is 5.69. The zero-order chi connectivity index (χ0) is 21.9. The fraction of sp³-hybridized carbons (Fsp3) is 0.192. The lowest BCUT2D eigenvalue weighted by Crippen LogP contribution is -2.06. The second kappa shape index (κ2) is 8.93. The molecular weight excluding hydrogens is 416 g/mol. The molecule has 0 atom stereocenters. The Hall–Kier alpha value is -3.51. The van der Waals surface area contributed by atoms with E-state index < -0.39 is 0 Å². The minimum atomic E-state index is 0.585. The van der Waals surface area contributed by atoms with Crippen LogP contribution in [0.3, 0.4) is 0 Å². The van der Waals surface area contributed by atoms with Crippen LogP contribution in [0.15, 0.2) is 71.4 Å². The molecule has 5 nitrogen and oxygen atoms in total. The first kappa shape index (κ1) is 20.4. The molecule has 6 heteroatoms. The van der Waals surface area contributed by atoms with E-state index in [-0.39, 0.29) is 0 Å². The van der Waals surface area contributed by atoms with Crippen molar-refractivity contribution in [1.82, 2.24) is 15.1 Å². The number of nitrogens with zero attached hydrogens (tertiary/aromatic N) is 3. The molecule has 0 aliphatic rings. The van der Waals surface area contributed by atoms with Crippen LogP contribution in [-0.2, 0) is 6.42 Å². The molecule has 32 heavy (non-hydrogen) atoms. The lowest BCUT2D eigenvalue weighted by Gasteiger charge is -2.09. The van der Waals surface area contributed by atoms with Crippen molar-refractivity contribution in [2.24, 2.45) is 0 Å². The monoisotopic (exact) mass is 440 g/mol. The van der Waals surface area contributed by atoms with Gasteiger partial charge in [-0.05, 0) is 49.4 Å². The van der Waals surface area contributed by atoms with Gasteiger partial charge in [0.25, 0.3) is 0 Å². The number of thiophene rings is 1. The fourth-order valence-corrected chi connectivity index (χ4v) is 4.61. The topological polar surface area (TPSA) is 63.8 Å². The maximum atomic E-state index is 4.97. The van der Waals surface area contributed by atoms with Gasteiger partial charge in [-0.25, -0.2) is 9.97 Å². The summed E-state index contributed by atoms with van der Waals surface area (Å²) in [6.45, 7) is 5.03. The van der Waals surface area contributed by atoms with Crippen LogP contribution in [0.2, 0.25) is 0 Å². The first-order chi connectivity index (χ1) is 15.7. The van der Waals surface area contributed by atoms with E-state index in [4.69, 9.17) is 9.51 Å². The molecule has 0 radical (unpaired) electrons. The van der Waals surface area contributed by atoms with Crippen LogP contribution in [-0.4, -0.2) is 21.7 Å². The molecule has 0 saturated heterocycles. The quantitative estimate of drug-likeness (QED) is 0.286. The summed E-state index contributed by atoms with van der Waals surface area (Å²) in [5.41, 5.74) is 5.78. The summed E-state index contributed by atoms with van der Waals surface area (Å²) in [5.74, 6) is 1.44. The van der Waals surface area contributed by atoms with Crippen molar-refractivity contribution in [3.63, 3.8) is 0 Å². The number of aryl methyl sites for hydroxylation is 3. The molecule has 0 spiro atoms. The molecule has 1 N–H and O–H groups in total. The highest BCUT2D eigenvalue weighted by Gasteiger charge is 2.13. The Morgan fingerprint density at radius 3 is 2.38 bits per heavy atom. The number of anilines is 1. The van der Waals surface area contributed by atoms with E-state index in [9.17, 15) is 0 Å². The van der Waals surface area contributed by atoms with Gasteiger partial charge in [0.2, 0.25) is 0 Å². The molecule has 3 aromatic heterocycles. The summed E-state index contributed by atoms with van der Waals surface area (Å²) in [6, 6.07) is 21.5. The predicted octanol–water partition coefficient (Wildman–Crippen LogP) is 6.67. The van der Waals surface area contributed by atoms with Crippen LogP contribution in [0.4, 0.5) is 5.82 Å². The molecule has 0 aliphatic carbocycles. The standard InChI is InChI=1S/C26H24N4OS/c1-17-5-9-20(10-6-17)21-11-7-19(8-12-21)4-3-14-27-24-22-16-18(2)32-26(22)29-25(28-24)23-13-15-31-30-23/h5-13,15-16H,3-4,14H2,1-2H3,(H,27,28,29). The van der Waals surface area contributed by atoms with Gasteiger partial charge in [-0.15, -0.1) is 11.3 Å². The Bertz CT molecular complexity index is 1320. The van der Waals surface area contributed by atoms with Gasteiger partial charge < -0.3 is 9.84 Å². The van der Waals surface area contributed by atoms with E-state index in [1.54, 1.807) is 23.7 Å². The average Bonchev–Trinajstić information content (AvgIpc) is 3.47. The largest absolute Gasteiger partial charge is 0.369 e. The molecule has 0 amide bonds. The number of aromatic nitrogens is 3. The number of rotatable bonds is 7. The minimum Gasteiger partial charge on any atom is -0.369 e. The van der Waals surface area contributed by atoms with Crippen molar-refractivity contribution in [2.45, 2.75) is 26.7 Å². The van der Waals surface area contributed by atoms with E-state index in [1.165, 1.54) is 27.1 Å². The fourth-order valence-electron chi connectivity index (χ4n) is 3.73. The zero-order valence-electron chi connectivity index (χ0n) is 18.1. The summed E-state index contributed by atoms with van der Waals surface area (Å²) in [7, 11) is 0. The normalized spacial score (nSPS) is 11.2. The van der Waals surface area contributed by atoms with Gasteiger partial charge >= 0.3 is 0 Å². The molecule has 0 bridgehead atoms. The lowest BCUT2D eigenvalue weighted by atomic mass is 10.0. The van der Waals surface area contributed by atoms with Crippen molar-refractivity contribution in [3.05, 3.63) is 82.9 Å². The van der Waals surface area contributed by atoms with Gasteiger partial charge in [0.05, 0.1) is 5.39 Å². The number of hydrogen-bond acceptors (Lipinski definition) is 6. The van der Waals surface area contributed by atoms with Crippen LogP contribution < -0.4 is 5.32 Å². The Labute approximate surface area is 191 Å². The highest BCUT2D eigenvalue weighted by molar-refractivity contribution is 7.18. The molecule has 2 aromatic carbocycles. The third-order valence-corrected chi connectivity index (χ3v) is 6.40. The van der Waals surface area contributed by atoms with Gasteiger partial charge in [0.15, 0.2) is 11.5 Å². The maximum absolute atomic E-state index is 4.97. The van der Waals surface area contributed by atoms with E-state index in [1.807, 2.05) is 0 Å².